The Morgan fingerprint density at radius 1 is 1.40 bits per heavy atom. The smallest absolute Gasteiger partial charge is 0.395 e. The number of carbonyl (C=O) groups is 1. The zero-order valence-electron chi connectivity index (χ0n) is 11.0. The van der Waals surface area contributed by atoms with E-state index in [1.165, 1.54) is 12.1 Å². The van der Waals surface area contributed by atoms with Gasteiger partial charge in [0.05, 0.1) is 12.1 Å². The van der Waals surface area contributed by atoms with Gasteiger partial charge in [-0.1, -0.05) is 19.9 Å². The van der Waals surface area contributed by atoms with Crippen LogP contribution in [-0.4, -0.2) is 10.8 Å². The van der Waals surface area contributed by atoms with Crippen LogP contribution in [0.3, 0.4) is 0 Å². The molecule has 0 spiro atoms. The molecule has 0 aliphatic rings. The van der Waals surface area contributed by atoms with E-state index in [9.17, 15) is 14.9 Å². The predicted octanol–water partition coefficient (Wildman–Crippen LogP) is 3.38. The van der Waals surface area contributed by atoms with Gasteiger partial charge in [0.2, 0.25) is 0 Å². The molecular weight excluding hydrogens is 280 g/mol. The van der Waals surface area contributed by atoms with Gasteiger partial charge in [0.25, 0.3) is 5.91 Å². The Hall–Kier alpha value is -2.15. The summed E-state index contributed by atoms with van der Waals surface area (Å²) in [6.45, 7) is 3.99. The summed E-state index contributed by atoms with van der Waals surface area (Å²) in [5.74, 6) is -0.751. The third-order valence-corrected chi connectivity index (χ3v) is 3.75. The molecule has 2 heterocycles. The molecule has 106 valence electrons. The second-order valence-corrected chi connectivity index (χ2v) is 5.58. The number of carbonyl (C=O) groups excluding carboxylic acids is 1. The maximum absolute atomic E-state index is 12.1. The van der Waals surface area contributed by atoms with E-state index >= 15 is 0 Å². The average molecular weight is 294 g/mol. The number of nitro groups is 1. The Balaban J connectivity index is 2.14. The van der Waals surface area contributed by atoms with Crippen LogP contribution in [0.1, 0.15) is 35.3 Å². The highest BCUT2D eigenvalue weighted by atomic mass is 32.1. The van der Waals surface area contributed by atoms with Crippen molar-refractivity contribution in [3.63, 3.8) is 0 Å². The number of rotatable bonds is 5. The van der Waals surface area contributed by atoms with Crippen LogP contribution in [0.4, 0.5) is 5.88 Å². The van der Waals surface area contributed by atoms with Gasteiger partial charge in [-0.25, -0.2) is 0 Å². The topological polar surface area (TPSA) is 85.4 Å². The molecule has 0 fully saturated rings. The van der Waals surface area contributed by atoms with Gasteiger partial charge in [0.1, 0.15) is 4.92 Å². The van der Waals surface area contributed by atoms with Crippen molar-refractivity contribution in [2.45, 2.75) is 19.9 Å². The predicted molar refractivity (Wildman–Crippen MR) is 74.7 cm³/mol. The van der Waals surface area contributed by atoms with Crippen LogP contribution in [0, 0.1) is 16.0 Å². The Kier molecular flexibility index (Phi) is 4.19. The minimum absolute atomic E-state index is 0.0566. The number of amides is 1. The van der Waals surface area contributed by atoms with Gasteiger partial charge < -0.3 is 9.73 Å². The maximum atomic E-state index is 12.1. The molecule has 0 unspecified atom stereocenters. The van der Waals surface area contributed by atoms with Gasteiger partial charge in [0, 0.05) is 4.88 Å². The molecule has 0 aromatic carbocycles. The van der Waals surface area contributed by atoms with E-state index in [1.54, 1.807) is 11.3 Å². The first-order valence-electron chi connectivity index (χ1n) is 6.07. The minimum Gasteiger partial charge on any atom is -0.395 e. The van der Waals surface area contributed by atoms with E-state index in [4.69, 9.17) is 4.42 Å². The molecule has 1 amide bonds. The average Bonchev–Trinajstić information content (AvgIpc) is 3.05. The highest BCUT2D eigenvalue weighted by molar-refractivity contribution is 7.10. The van der Waals surface area contributed by atoms with Crippen LogP contribution >= 0.6 is 11.3 Å². The summed E-state index contributed by atoms with van der Waals surface area (Å²) < 4.78 is 4.90. The highest BCUT2D eigenvalue weighted by Gasteiger charge is 2.23. The van der Waals surface area contributed by atoms with Gasteiger partial charge in [-0.05, 0) is 23.4 Å². The van der Waals surface area contributed by atoms with E-state index in [0.717, 1.165) is 4.88 Å². The Morgan fingerprint density at radius 3 is 2.65 bits per heavy atom. The monoisotopic (exact) mass is 294 g/mol. The van der Waals surface area contributed by atoms with Gasteiger partial charge in [-0.2, -0.15) is 0 Å². The Morgan fingerprint density at radius 2 is 2.15 bits per heavy atom. The van der Waals surface area contributed by atoms with E-state index in [0.29, 0.717) is 0 Å². The maximum Gasteiger partial charge on any atom is 0.433 e. The fourth-order valence-corrected chi connectivity index (χ4v) is 2.74. The van der Waals surface area contributed by atoms with Crippen LogP contribution in [0.2, 0.25) is 0 Å². The lowest BCUT2D eigenvalue weighted by molar-refractivity contribution is -0.402. The van der Waals surface area contributed by atoms with Crippen molar-refractivity contribution < 1.29 is 14.1 Å². The summed E-state index contributed by atoms with van der Waals surface area (Å²) in [6.07, 6.45) is 0. The number of nitrogens with zero attached hydrogens (tertiary/aromatic N) is 1. The summed E-state index contributed by atoms with van der Waals surface area (Å²) in [6, 6.07) is 6.19. The van der Waals surface area contributed by atoms with Crippen LogP contribution in [0.25, 0.3) is 0 Å². The Labute approximate surface area is 119 Å². The molecule has 0 aliphatic carbocycles. The molecule has 1 N–H and O–H groups in total. The van der Waals surface area contributed by atoms with Crippen molar-refractivity contribution in [1.82, 2.24) is 5.32 Å². The quantitative estimate of drug-likeness (QED) is 0.676. The lowest BCUT2D eigenvalue weighted by atomic mass is 10.0. The first kappa shape index (κ1) is 14.3. The first-order valence-corrected chi connectivity index (χ1v) is 6.95. The fourth-order valence-electron chi connectivity index (χ4n) is 1.79. The molecule has 2 rings (SSSR count). The van der Waals surface area contributed by atoms with Gasteiger partial charge in [0.15, 0.2) is 5.76 Å². The second-order valence-electron chi connectivity index (χ2n) is 4.61. The summed E-state index contributed by atoms with van der Waals surface area (Å²) in [5, 5.41) is 15.3. The molecule has 0 bridgehead atoms. The summed E-state index contributed by atoms with van der Waals surface area (Å²) in [7, 11) is 0. The highest BCUT2D eigenvalue weighted by Crippen LogP contribution is 2.26. The van der Waals surface area contributed by atoms with E-state index in [1.807, 2.05) is 31.4 Å². The van der Waals surface area contributed by atoms with Crippen LogP contribution in [0.5, 0.6) is 0 Å². The number of nitrogens with one attached hydrogen (secondary N) is 1. The van der Waals surface area contributed by atoms with Gasteiger partial charge >= 0.3 is 5.88 Å². The number of hydrogen-bond donors (Lipinski definition) is 1. The van der Waals surface area contributed by atoms with Crippen LogP contribution in [0.15, 0.2) is 34.1 Å². The second kappa shape index (κ2) is 5.87. The molecule has 0 saturated carbocycles. The minimum atomic E-state index is -0.671. The van der Waals surface area contributed by atoms with Crippen molar-refractivity contribution >= 4 is 23.1 Å². The van der Waals surface area contributed by atoms with E-state index in [-0.39, 0.29) is 17.7 Å². The summed E-state index contributed by atoms with van der Waals surface area (Å²) in [5.41, 5.74) is 0. The zero-order chi connectivity index (χ0) is 14.7. The van der Waals surface area contributed by atoms with Crippen LogP contribution < -0.4 is 5.32 Å². The van der Waals surface area contributed by atoms with Gasteiger partial charge in [-0.3, -0.25) is 14.9 Å². The number of furan rings is 1. The molecule has 2 aromatic rings. The molecule has 20 heavy (non-hydrogen) atoms. The van der Waals surface area contributed by atoms with E-state index in [2.05, 4.69) is 5.32 Å². The molecule has 7 heteroatoms. The first-order chi connectivity index (χ1) is 9.49. The van der Waals surface area contributed by atoms with E-state index < -0.39 is 16.7 Å². The third-order valence-electron chi connectivity index (χ3n) is 2.80. The molecule has 2 aromatic heterocycles. The molecule has 0 radical (unpaired) electrons. The molecular formula is C13H14N2O4S. The number of thiophene rings is 1. The molecule has 0 saturated heterocycles. The standard InChI is InChI=1S/C13H14N2O4S/c1-8(2)12(10-4-3-7-20-10)14-13(16)9-5-6-11(19-9)15(17)18/h3-8,12H,1-2H3,(H,14,16)/t12-/m1/s1. The number of hydrogen-bond acceptors (Lipinski definition) is 5. The fraction of sp³-hybridized carbons (Fsp3) is 0.308. The largest absolute Gasteiger partial charge is 0.433 e. The van der Waals surface area contributed by atoms with Crippen molar-refractivity contribution in [3.05, 3.63) is 50.4 Å². The molecule has 0 aliphatic heterocycles. The van der Waals surface area contributed by atoms with Crippen molar-refractivity contribution in [1.29, 1.82) is 0 Å². The van der Waals surface area contributed by atoms with Crippen LogP contribution in [-0.2, 0) is 0 Å². The normalized spacial score (nSPS) is 12.3. The van der Waals surface area contributed by atoms with Gasteiger partial charge in [-0.15, -0.1) is 11.3 Å². The zero-order valence-corrected chi connectivity index (χ0v) is 11.8. The van der Waals surface area contributed by atoms with Crippen molar-refractivity contribution in [3.8, 4) is 0 Å². The lowest BCUT2D eigenvalue weighted by Crippen LogP contribution is -2.30. The summed E-state index contributed by atoms with van der Waals surface area (Å²) >= 11 is 1.55. The lowest BCUT2D eigenvalue weighted by Gasteiger charge is -2.20. The third kappa shape index (κ3) is 3.05. The molecule has 6 nitrogen and oxygen atoms in total. The summed E-state index contributed by atoms with van der Waals surface area (Å²) in [4.78, 5) is 23.0. The SMILES string of the molecule is CC(C)[C@@H](NC(=O)c1ccc([N+](=O)[O-])o1)c1cccs1. The van der Waals surface area contributed by atoms with Crippen molar-refractivity contribution in [2.24, 2.45) is 5.92 Å². The molecule has 1 atom stereocenters. The van der Waals surface area contributed by atoms with Crippen molar-refractivity contribution in [2.75, 3.05) is 0 Å². The Bertz CT molecular complexity index is 604.